The molecule has 164 valence electrons. The molecule has 1 aliphatic heterocycles. The lowest BCUT2D eigenvalue weighted by Gasteiger charge is -2.27. The second-order valence-corrected chi connectivity index (χ2v) is 6.80. The third-order valence-electron chi connectivity index (χ3n) is 4.48. The predicted octanol–water partition coefficient (Wildman–Crippen LogP) is 2.65. The summed E-state index contributed by atoms with van der Waals surface area (Å²) in [5, 5.41) is 9.44. The van der Waals surface area contributed by atoms with Gasteiger partial charge in [-0.3, -0.25) is 19.3 Å². The summed E-state index contributed by atoms with van der Waals surface area (Å²) < 4.78 is 15.6. The number of amides is 2. The van der Waals surface area contributed by atoms with Crippen LogP contribution in [-0.2, 0) is 23.9 Å². The van der Waals surface area contributed by atoms with Gasteiger partial charge in [-0.1, -0.05) is 19.1 Å². The van der Waals surface area contributed by atoms with Crippen LogP contribution in [0.3, 0.4) is 0 Å². The van der Waals surface area contributed by atoms with Gasteiger partial charge in [0.05, 0.1) is 26.4 Å². The van der Waals surface area contributed by atoms with Gasteiger partial charge in [0.15, 0.2) is 0 Å². The summed E-state index contributed by atoms with van der Waals surface area (Å²) in [5.41, 5.74) is 1.29. The number of esters is 1. The molecule has 0 saturated heterocycles. The van der Waals surface area contributed by atoms with Crippen molar-refractivity contribution in [2.24, 2.45) is 0 Å². The number of nitriles is 1. The molecule has 0 atom stereocenters. The van der Waals surface area contributed by atoms with Crippen molar-refractivity contribution in [3.05, 3.63) is 46.5 Å². The Morgan fingerprint density at radius 2 is 1.81 bits per heavy atom. The minimum atomic E-state index is -0.644. The predicted molar refractivity (Wildman–Crippen MR) is 113 cm³/mol. The van der Waals surface area contributed by atoms with Crippen molar-refractivity contribution in [1.29, 1.82) is 5.26 Å². The number of imide groups is 1. The number of benzene rings is 1. The van der Waals surface area contributed by atoms with Gasteiger partial charge in [-0.25, -0.2) is 0 Å². The highest BCUT2D eigenvalue weighted by Crippen LogP contribution is 2.27. The van der Waals surface area contributed by atoms with E-state index in [9.17, 15) is 19.6 Å². The van der Waals surface area contributed by atoms with Gasteiger partial charge in [0, 0.05) is 12.5 Å². The lowest BCUT2D eigenvalue weighted by atomic mass is 9.93. The molecule has 0 spiro atoms. The molecular formula is C23H26N2O6. The zero-order valence-electron chi connectivity index (χ0n) is 18.0. The van der Waals surface area contributed by atoms with Gasteiger partial charge >= 0.3 is 5.97 Å². The molecule has 2 amide bonds. The summed E-state index contributed by atoms with van der Waals surface area (Å²) in [4.78, 5) is 37.3. The van der Waals surface area contributed by atoms with E-state index < -0.39 is 17.8 Å². The van der Waals surface area contributed by atoms with Crippen LogP contribution in [0.5, 0.6) is 5.75 Å². The highest BCUT2D eigenvalue weighted by atomic mass is 16.6. The molecule has 0 N–H and O–H groups in total. The monoisotopic (exact) mass is 426 g/mol. The van der Waals surface area contributed by atoms with E-state index in [-0.39, 0.29) is 37.5 Å². The van der Waals surface area contributed by atoms with Crippen molar-refractivity contribution in [2.45, 2.75) is 27.2 Å². The molecule has 0 aliphatic carbocycles. The van der Waals surface area contributed by atoms with Crippen molar-refractivity contribution < 1.29 is 28.6 Å². The molecule has 8 nitrogen and oxygen atoms in total. The van der Waals surface area contributed by atoms with Gasteiger partial charge in [0.25, 0.3) is 11.8 Å². The number of carbonyl (C=O) groups excluding carboxylic acids is 3. The smallest absolute Gasteiger partial charge is 0.302 e. The van der Waals surface area contributed by atoms with Crippen molar-refractivity contribution in [3.63, 3.8) is 0 Å². The molecule has 31 heavy (non-hydrogen) atoms. The molecule has 1 aromatic carbocycles. The summed E-state index contributed by atoms with van der Waals surface area (Å²) in [6, 6.07) is 9.13. The van der Waals surface area contributed by atoms with E-state index in [0.29, 0.717) is 12.2 Å². The average Bonchev–Trinajstić information content (AvgIpc) is 2.75. The molecular weight excluding hydrogens is 400 g/mol. The Bertz CT molecular complexity index is 924. The minimum Gasteiger partial charge on any atom is -0.494 e. The molecule has 2 rings (SSSR count). The Hall–Kier alpha value is -3.44. The fraction of sp³-hybridized carbons (Fsp3) is 0.391. The summed E-state index contributed by atoms with van der Waals surface area (Å²) in [6.07, 6.45) is 2.55. The maximum absolute atomic E-state index is 13.0. The van der Waals surface area contributed by atoms with E-state index >= 15 is 0 Å². The Kier molecular flexibility index (Phi) is 8.97. The summed E-state index contributed by atoms with van der Waals surface area (Å²) in [6.45, 7) is 5.80. The Labute approximate surface area is 181 Å². The SMILES string of the molecule is CCCOc1ccc(/C=C2/C(=O)N(CCOCCOC(C)=O)C(=O)C(C#N)=C2C)cc1. The second-order valence-electron chi connectivity index (χ2n) is 6.80. The number of hydrogen-bond acceptors (Lipinski definition) is 7. The van der Waals surface area contributed by atoms with Crippen LogP contribution in [-0.4, -0.2) is 55.7 Å². The fourth-order valence-corrected chi connectivity index (χ4v) is 2.88. The number of rotatable bonds is 10. The van der Waals surface area contributed by atoms with E-state index in [1.807, 2.05) is 25.1 Å². The average molecular weight is 426 g/mol. The molecule has 0 aromatic heterocycles. The van der Waals surface area contributed by atoms with Gasteiger partial charge < -0.3 is 14.2 Å². The van der Waals surface area contributed by atoms with Crippen molar-refractivity contribution in [1.82, 2.24) is 4.90 Å². The van der Waals surface area contributed by atoms with E-state index in [2.05, 4.69) is 0 Å². The number of hydrogen-bond donors (Lipinski definition) is 0. The van der Waals surface area contributed by atoms with Gasteiger partial charge in [-0.15, -0.1) is 0 Å². The van der Waals surface area contributed by atoms with Crippen LogP contribution in [0.25, 0.3) is 6.08 Å². The van der Waals surface area contributed by atoms with Crippen LogP contribution in [0.15, 0.2) is 41.0 Å². The van der Waals surface area contributed by atoms with Crippen molar-refractivity contribution in [3.8, 4) is 11.8 Å². The van der Waals surface area contributed by atoms with Crippen LogP contribution in [0, 0.1) is 11.3 Å². The van der Waals surface area contributed by atoms with Gasteiger partial charge in [0.2, 0.25) is 0 Å². The van der Waals surface area contributed by atoms with Crippen LogP contribution >= 0.6 is 0 Å². The molecule has 8 heteroatoms. The standard InChI is InChI=1S/C23H26N2O6/c1-4-10-31-19-7-5-18(6-8-19)14-20-16(2)21(15-24)23(28)25(22(20)27)9-11-29-12-13-30-17(3)26/h5-8,14H,4,9-13H2,1-3H3/b20-14+. The van der Waals surface area contributed by atoms with E-state index in [4.69, 9.17) is 14.2 Å². The first kappa shape index (κ1) is 23.8. The quantitative estimate of drug-likeness (QED) is 0.245. The molecule has 0 bridgehead atoms. The largest absolute Gasteiger partial charge is 0.494 e. The van der Waals surface area contributed by atoms with Crippen LogP contribution in [0.4, 0.5) is 0 Å². The van der Waals surface area contributed by atoms with E-state index in [1.54, 1.807) is 25.1 Å². The molecule has 1 aromatic rings. The normalized spacial score (nSPS) is 15.3. The Balaban J connectivity index is 2.15. The fourth-order valence-electron chi connectivity index (χ4n) is 2.88. The lowest BCUT2D eigenvalue weighted by Crippen LogP contribution is -2.44. The minimum absolute atomic E-state index is 0.0165. The van der Waals surface area contributed by atoms with Gasteiger partial charge in [0.1, 0.15) is 24.0 Å². The maximum Gasteiger partial charge on any atom is 0.302 e. The second kappa shape index (κ2) is 11.7. The van der Waals surface area contributed by atoms with E-state index in [0.717, 1.165) is 22.6 Å². The number of carbonyl (C=O) groups is 3. The highest BCUT2D eigenvalue weighted by Gasteiger charge is 2.35. The first-order valence-electron chi connectivity index (χ1n) is 10.0. The lowest BCUT2D eigenvalue weighted by molar-refractivity contribution is -0.142. The van der Waals surface area contributed by atoms with Crippen LogP contribution in [0.2, 0.25) is 0 Å². The van der Waals surface area contributed by atoms with Crippen molar-refractivity contribution >= 4 is 23.9 Å². The van der Waals surface area contributed by atoms with Gasteiger partial charge in [-0.05, 0) is 42.7 Å². The molecule has 1 heterocycles. The van der Waals surface area contributed by atoms with Crippen LogP contribution < -0.4 is 4.74 Å². The molecule has 1 aliphatic rings. The third-order valence-corrected chi connectivity index (χ3v) is 4.48. The first-order chi connectivity index (χ1) is 14.9. The Morgan fingerprint density at radius 3 is 2.42 bits per heavy atom. The zero-order chi connectivity index (χ0) is 22.8. The molecule has 0 saturated carbocycles. The molecule has 0 radical (unpaired) electrons. The first-order valence-corrected chi connectivity index (χ1v) is 10.0. The number of ether oxygens (including phenoxy) is 3. The topological polar surface area (TPSA) is 106 Å². The Morgan fingerprint density at radius 1 is 1.10 bits per heavy atom. The molecule has 0 unspecified atom stereocenters. The highest BCUT2D eigenvalue weighted by molar-refractivity contribution is 6.19. The summed E-state index contributed by atoms with van der Waals surface area (Å²) in [5.74, 6) is -0.818. The summed E-state index contributed by atoms with van der Waals surface area (Å²) >= 11 is 0. The number of nitrogens with zero attached hydrogens (tertiary/aromatic N) is 2. The maximum atomic E-state index is 13.0. The summed E-state index contributed by atoms with van der Waals surface area (Å²) in [7, 11) is 0. The van der Waals surface area contributed by atoms with Gasteiger partial charge in [-0.2, -0.15) is 5.26 Å². The zero-order valence-corrected chi connectivity index (χ0v) is 18.0. The van der Waals surface area contributed by atoms with E-state index in [1.165, 1.54) is 6.92 Å². The van der Waals surface area contributed by atoms with Crippen LogP contribution in [0.1, 0.15) is 32.8 Å². The third kappa shape index (κ3) is 6.52. The van der Waals surface area contributed by atoms with Crippen molar-refractivity contribution in [2.75, 3.05) is 33.0 Å². The molecule has 0 fully saturated rings.